The number of thioether (sulfide) groups is 1. The minimum absolute atomic E-state index is 0.0783. The van der Waals surface area contributed by atoms with E-state index in [9.17, 15) is 9.59 Å². The standard InChI is InChI=1S/C21H21NO3S/c1-4-22-20(23)18(15-10-12-16(13-11-15)25-14(2)3)19(21(22)24)26-17-8-6-5-7-9-17/h5-14H,4H2,1-3H3. The number of hydrogen-bond donors (Lipinski definition) is 0. The van der Waals surface area contributed by atoms with Crippen molar-refractivity contribution in [3.63, 3.8) is 0 Å². The third kappa shape index (κ3) is 3.68. The maximum Gasteiger partial charge on any atom is 0.268 e. The molecule has 1 heterocycles. The quantitative estimate of drug-likeness (QED) is 0.712. The van der Waals surface area contributed by atoms with E-state index in [0.29, 0.717) is 17.0 Å². The normalized spacial score (nSPS) is 14.5. The van der Waals surface area contributed by atoms with Crippen LogP contribution >= 0.6 is 11.8 Å². The van der Waals surface area contributed by atoms with E-state index >= 15 is 0 Å². The molecular formula is C21H21NO3S. The molecule has 0 fully saturated rings. The monoisotopic (exact) mass is 367 g/mol. The molecule has 26 heavy (non-hydrogen) atoms. The fourth-order valence-electron chi connectivity index (χ4n) is 2.77. The molecule has 1 aliphatic heterocycles. The molecule has 2 amide bonds. The molecular weight excluding hydrogens is 346 g/mol. The van der Waals surface area contributed by atoms with Gasteiger partial charge in [0, 0.05) is 11.4 Å². The summed E-state index contributed by atoms with van der Waals surface area (Å²) in [6, 6.07) is 17.0. The summed E-state index contributed by atoms with van der Waals surface area (Å²) in [5.74, 6) is 0.267. The summed E-state index contributed by atoms with van der Waals surface area (Å²) >= 11 is 1.34. The zero-order chi connectivity index (χ0) is 18.7. The Morgan fingerprint density at radius 2 is 1.62 bits per heavy atom. The third-order valence-electron chi connectivity index (χ3n) is 3.92. The van der Waals surface area contributed by atoms with Crippen LogP contribution in [0.5, 0.6) is 5.75 Å². The largest absolute Gasteiger partial charge is 0.491 e. The number of carbonyl (C=O) groups excluding carboxylic acids is 2. The second kappa shape index (κ2) is 7.79. The van der Waals surface area contributed by atoms with Crippen LogP contribution in [0.1, 0.15) is 26.3 Å². The fraction of sp³-hybridized carbons (Fsp3) is 0.238. The summed E-state index contributed by atoms with van der Waals surface area (Å²) in [4.78, 5) is 28.3. The van der Waals surface area contributed by atoms with E-state index in [2.05, 4.69) is 0 Å². The van der Waals surface area contributed by atoms with Gasteiger partial charge in [-0.15, -0.1) is 0 Å². The number of rotatable bonds is 6. The van der Waals surface area contributed by atoms with Crippen LogP contribution in [0.2, 0.25) is 0 Å². The molecule has 5 heteroatoms. The van der Waals surface area contributed by atoms with Crippen molar-refractivity contribution >= 4 is 29.1 Å². The van der Waals surface area contributed by atoms with E-state index in [-0.39, 0.29) is 17.9 Å². The van der Waals surface area contributed by atoms with Gasteiger partial charge in [-0.3, -0.25) is 14.5 Å². The van der Waals surface area contributed by atoms with Gasteiger partial charge in [0.1, 0.15) is 5.75 Å². The fourth-order valence-corrected chi connectivity index (χ4v) is 3.80. The molecule has 0 saturated heterocycles. The van der Waals surface area contributed by atoms with Crippen molar-refractivity contribution in [2.45, 2.75) is 31.8 Å². The number of nitrogens with zero attached hydrogens (tertiary/aromatic N) is 1. The number of likely N-dealkylation sites (N-methyl/N-ethyl adjacent to an activating group) is 1. The zero-order valence-corrected chi connectivity index (χ0v) is 15.9. The van der Waals surface area contributed by atoms with Crippen molar-refractivity contribution < 1.29 is 14.3 Å². The molecule has 4 nitrogen and oxygen atoms in total. The van der Waals surface area contributed by atoms with Gasteiger partial charge in [0.15, 0.2) is 0 Å². The summed E-state index contributed by atoms with van der Waals surface area (Å²) in [7, 11) is 0. The van der Waals surface area contributed by atoms with Crippen molar-refractivity contribution in [3.05, 3.63) is 65.1 Å². The van der Waals surface area contributed by atoms with E-state index in [4.69, 9.17) is 4.74 Å². The summed E-state index contributed by atoms with van der Waals surface area (Å²) in [6.45, 7) is 6.09. The number of carbonyl (C=O) groups is 2. The average molecular weight is 367 g/mol. The van der Waals surface area contributed by atoms with Gasteiger partial charge in [-0.1, -0.05) is 42.1 Å². The average Bonchev–Trinajstić information content (AvgIpc) is 2.86. The lowest BCUT2D eigenvalue weighted by Gasteiger charge is -2.12. The van der Waals surface area contributed by atoms with E-state index in [1.165, 1.54) is 16.7 Å². The molecule has 0 aliphatic carbocycles. The van der Waals surface area contributed by atoms with Crippen LogP contribution < -0.4 is 4.74 Å². The first-order chi connectivity index (χ1) is 12.5. The number of ether oxygens (including phenoxy) is 1. The second-order valence-corrected chi connectivity index (χ2v) is 7.25. The van der Waals surface area contributed by atoms with Gasteiger partial charge >= 0.3 is 0 Å². The first kappa shape index (κ1) is 18.3. The number of amides is 2. The van der Waals surface area contributed by atoms with Gasteiger partial charge in [0.05, 0.1) is 16.6 Å². The Bertz CT molecular complexity index is 841. The van der Waals surface area contributed by atoms with Crippen molar-refractivity contribution in [2.24, 2.45) is 0 Å². The maximum absolute atomic E-state index is 12.8. The first-order valence-corrected chi connectivity index (χ1v) is 9.43. The van der Waals surface area contributed by atoms with Crippen molar-refractivity contribution in [1.82, 2.24) is 4.90 Å². The molecule has 0 radical (unpaired) electrons. The molecule has 0 saturated carbocycles. The van der Waals surface area contributed by atoms with Crippen LogP contribution in [-0.4, -0.2) is 29.4 Å². The topological polar surface area (TPSA) is 46.6 Å². The lowest BCUT2D eigenvalue weighted by molar-refractivity contribution is -0.136. The smallest absolute Gasteiger partial charge is 0.268 e. The lowest BCUT2D eigenvalue weighted by Crippen LogP contribution is -2.31. The molecule has 0 unspecified atom stereocenters. The van der Waals surface area contributed by atoms with Crippen molar-refractivity contribution in [1.29, 1.82) is 0 Å². The molecule has 0 aromatic heterocycles. The number of benzene rings is 2. The Balaban J connectivity index is 2.00. The highest BCUT2D eigenvalue weighted by Crippen LogP contribution is 2.39. The highest BCUT2D eigenvalue weighted by Gasteiger charge is 2.38. The maximum atomic E-state index is 12.8. The Labute approximate surface area is 157 Å². The number of hydrogen-bond acceptors (Lipinski definition) is 4. The summed E-state index contributed by atoms with van der Waals surface area (Å²) in [6.07, 6.45) is 0.0783. The van der Waals surface area contributed by atoms with E-state index < -0.39 is 0 Å². The molecule has 134 valence electrons. The first-order valence-electron chi connectivity index (χ1n) is 8.61. The van der Waals surface area contributed by atoms with Crippen LogP contribution in [-0.2, 0) is 9.59 Å². The Kier molecular flexibility index (Phi) is 5.47. The highest BCUT2D eigenvalue weighted by atomic mass is 32.2. The Hall–Kier alpha value is -2.53. The van der Waals surface area contributed by atoms with Crippen LogP contribution in [0.4, 0.5) is 0 Å². The predicted octanol–water partition coefficient (Wildman–Crippen LogP) is 4.37. The summed E-state index contributed by atoms with van der Waals surface area (Å²) < 4.78 is 5.66. The minimum atomic E-state index is -0.242. The Morgan fingerprint density at radius 3 is 2.19 bits per heavy atom. The van der Waals surface area contributed by atoms with Crippen molar-refractivity contribution in [3.8, 4) is 5.75 Å². The molecule has 1 aliphatic rings. The summed E-state index contributed by atoms with van der Waals surface area (Å²) in [5, 5.41) is 0. The third-order valence-corrected chi connectivity index (χ3v) is 5.01. The van der Waals surface area contributed by atoms with Crippen LogP contribution in [0.3, 0.4) is 0 Å². The molecule has 2 aromatic carbocycles. The lowest BCUT2D eigenvalue weighted by atomic mass is 10.1. The zero-order valence-electron chi connectivity index (χ0n) is 15.1. The van der Waals surface area contributed by atoms with Gasteiger partial charge in [0.2, 0.25) is 0 Å². The van der Waals surface area contributed by atoms with Crippen molar-refractivity contribution in [2.75, 3.05) is 6.54 Å². The van der Waals surface area contributed by atoms with Gasteiger partial charge in [-0.25, -0.2) is 0 Å². The van der Waals surface area contributed by atoms with Crippen LogP contribution in [0.25, 0.3) is 5.57 Å². The second-order valence-electron chi connectivity index (χ2n) is 6.16. The molecule has 2 aromatic rings. The molecule has 0 N–H and O–H groups in total. The molecule has 0 spiro atoms. The summed E-state index contributed by atoms with van der Waals surface area (Å²) in [5.41, 5.74) is 1.19. The van der Waals surface area contributed by atoms with Crippen LogP contribution in [0.15, 0.2) is 64.4 Å². The molecule has 0 bridgehead atoms. The van der Waals surface area contributed by atoms with E-state index in [1.54, 1.807) is 0 Å². The van der Waals surface area contributed by atoms with Gasteiger partial charge in [0.25, 0.3) is 11.8 Å². The van der Waals surface area contributed by atoms with Gasteiger partial charge in [-0.05, 0) is 50.6 Å². The van der Waals surface area contributed by atoms with Gasteiger partial charge < -0.3 is 4.74 Å². The minimum Gasteiger partial charge on any atom is -0.491 e. The van der Waals surface area contributed by atoms with E-state index in [0.717, 1.165) is 16.2 Å². The Morgan fingerprint density at radius 1 is 0.962 bits per heavy atom. The van der Waals surface area contributed by atoms with Gasteiger partial charge in [-0.2, -0.15) is 0 Å². The van der Waals surface area contributed by atoms with Crippen LogP contribution in [0, 0.1) is 0 Å². The predicted molar refractivity (Wildman–Crippen MR) is 104 cm³/mol. The highest BCUT2D eigenvalue weighted by molar-refractivity contribution is 8.04. The molecule has 0 atom stereocenters. The SMILES string of the molecule is CCN1C(=O)C(Sc2ccccc2)=C(c2ccc(OC(C)C)cc2)C1=O. The molecule has 3 rings (SSSR count). The van der Waals surface area contributed by atoms with E-state index in [1.807, 2.05) is 75.4 Å². The number of imide groups is 1.